The topological polar surface area (TPSA) is 16.4 Å². The van der Waals surface area contributed by atoms with E-state index in [0.717, 1.165) is 43.4 Å². The standard InChI is InChI=1S/C46H41NO/c1-45(29-15-20-34(30-45)32-16-5-3-6-17-32)47(35-21-7-4-8-22-35)46(2)31-40-43-38(37-25-13-19-33-18-9-10-23-36(33)37)26-14-28-42(43)48-44(40)39-24-11-12-27-41(39)46/h3-8,10-17,19-21,23-29,35H,9,18,22,30-31H2,1-2H3/t35?,45-,46?/m0/s1. The first-order valence-electron chi connectivity index (χ1n) is 17.5. The monoisotopic (exact) mass is 623 g/mol. The van der Waals surface area contributed by atoms with Gasteiger partial charge in [-0.05, 0) is 91.0 Å². The van der Waals surface area contributed by atoms with E-state index in [2.05, 4.69) is 164 Å². The SMILES string of the molecule is CC1(N(C2C=CC=CC2)[C@@]2(C)C=CC=C(c3ccccc3)C2)Cc2c(oc3cccc(-c4cccc5c4C=CCC5)c23)-c2ccccc21. The van der Waals surface area contributed by atoms with E-state index in [4.69, 9.17) is 4.42 Å². The molecule has 48 heavy (non-hydrogen) atoms. The number of fused-ring (bicyclic) bond motifs is 6. The van der Waals surface area contributed by atoms with Crippen LogP contribution in [0.4, 0.5) is 0 Å². The van der Waals surface area contributed by atoms with Crippen LogP contribution < -0.4 is 0 Å². The van der Waals surface area contributed by atoms with Crippen LogP contribution >= 0.6 is 0 Å². The van der Waals surface area contributed by atoms with Crippen LogP contribution in [0.5, 0.6) is 0 Å². The van der Waals surface area contributed by atoms with Crippen LogP contribution in [0.25, 0.3) is 45.1 Å². The number of furan rings is 1. The summed E-state index contributed by atoms with van der Waals surface area (Å²) in [5, 5.41) is 1.26. The van der Waals surface area contributed by atoms with Gasteiger partial charge in [-0.2, -0.15) is 0 Å². The molecular weight excluding hydrogens is 583 g/mol. The largest absolute Gasteiger partial charge is 0.456 e. The Labute approximate surface area is 284 Å². The van der Waals surface area contributed by atoms with Crippen molar-refractivity contribution in [2.45, 2.75) is 63.1 Å². The number of hydrogen-bond acceptors (Lipinski definition) is 2. The molecule has 0 amide bonds. The lowest BCUT2D eigenvalue weighted by molar-refractivity contribution is -0.00555. The van der Waals surface area contributed by atoms with E-state index in [1.165, 1.54) is 55.5 Å². The molecule has 0 bridgehead atoms. The normalized spacial score (nSPS) is 24.0. The predicted molar refractivity (Wildman–Crippen MR) is 201 cm³/mol. The van der Waals surface area contributed by atoms with Gasteiger partial charge in [0.25, 0.3) is 0 Å². The van der Waals surface area contributed by atoms with E-state index >= 15 is 0 Å². The number of nitrogens with zero attached hydrogens (tertiary/aromatic N) is 1. The van der Waals surface area contributed by atoms with Crippen LogP contribution in [0.3, 0.4) is 0 Å². The van der Waals surface area contributed by atoms with Crippen molar-refractivity contribution in [2.24, 2.45) is 0 Å². The number of benzene rings is 4. The highest BCUT2D eigenvalue weighted by atomic mass is 16.3. The van der Waals surface area contributed by atoms with Crippen LogP contribution in [0.15, 0.2) is 144 Å². The van der Waals surface area contributed by atoms with Crippen molar-refractivity contribution in [2.75, 3.05) is 0 Å². The minimum absolute atomic E-state index is 0.231. The summed E-state index contributed by atoms with van der Waals surface area (Å²) in [6.45, 7) is 4.95. The van der Waals surface area contributed by atoms with E-state index < -0.39 is 0 Å². The summed E-state index contributed by atoms with van der Waals surface area (Å²) in [5.74, 6) is 1.03. The van der Waals surface area contributed by atoms with Gasteiger partial charge >= 0.3 is 0 Å². The lowest BCUT2D eigenvalue weighted by atomic mass is 9.70. The van der Waals surface area contributed by atoms with Gasteiger partial charge in [0, 0.05) is 33.6 Å². The Balaban J connectivity index is 1.25. The molecule has 0 spiro atoms. The molecule has 0 saturated carbocycles. The molecule has 3 atom stereocenters. The van der Waals surface area contributed by atoms with Crippen LogP contribution in [-0.4, -0.2) is 16.5 Å². The number of allylic oxidation sites excluding steroid dienone is 5. The highest BCUT2D eigenvalue weighted by Crippen LogP contribution is 2.54. The number of hydrogen-bond donors (Lipinski definition) is 0. The molecule has 2 unspecified atom stereocenters. The van der Waals surface area contributed by atoms with E-state index in [1.54, 1.807) is 0 Å². The van der Waals surface area contributed by atoms with Crippen LogP contribution in [0.1, 0.15) is 60.9 Å². The molecular formula is C46H41NO. The smallest absolute Gasteiger partial charge is 0.139 e. The van der Waals surface area contributed by atoms with Crippen LogP contribution in [0.2, 0.25) is 0 Å². The van der Waals surface area contributed by atoms with Crippen molar-refractivity contribution < 1.29 is 4.42 Å². The summed E-state index contributed by atoms with van der Waals surface area (Å²) < 4.78 is 6.90. The minimum atomic E-state index is -0.318. The Kier molecular flexibility index (Phi) is 6.92. The lowest BCUT2D eigenvalue weighted by Crippen LogP contribution is -2.61. The minimum Gasteiger partial charge on any atom is -0.456 e. The zero-order chi connectivity index (χ0) is 32.3. The van der Waals surface area contributed by atoms with Gasteiger partial charge in [0.1, 0.15) is 11.3 Å². The first-order chi connectivity index (χ1) is 23.5. The molecule has 236 valence electrons. The zero-order valence-corrected chi connectivity index (χ0v) is 27.8. The maximum absolute atomic E-state index is 6.90. The molecule has 0 fully saturated rings. The van der Waals surface area contributed by atoms with E-state index in [0.29, 0.717) is 0 Å². The second-order valence-corrected chi connectivity index (χ2v) is 14.3. The fraction of sp³-hybridized carbons (Fsp3) is 0.217. The van der Waals surface area contributed by atoms with Crippen molar-refractivity contribution in [3.8, 4) is 22.5 Å². The van der Waals surface area contributed by atoms with Crippen molar-refractivity contribution in [3.05, 3.63) is 167 Å². The van der Waals surface area contributed by atoms with Gasteiger partial charge < -0.3 is 4.42 Å². The van der Waals surface area contributed by atoms with E-state index in [-0.39, 0.29) is 17.1 Å². The van der Waals surface area contributed by atoms with Crippen LogP contribution in [0, 0.1) is 0 Å². The third kappa shape index (κ3) is 4.58. The Morgan fingerprint density at radius 2 is 1.56 bits per heavy atom. The zero-order valence-electron chi connectivity index (χ0n) is 27.8. The van der Waals surface area contributed by atoms with Crippen molar-refractivity contribution in [1.29, 1.82) is 0 Å². The number of aryl methyl sites for hydroxylation is 1. The summed E-state index contributed by atoms with van der Waals surface area (Å²) in [6, 6.07) is 33.6. The third-order valence-corrected chi connectivity index (χ3v) is 11.3. The Morgan fingerprint density at radius 3 is 2.44 bits per heavy atom. The Morgan fingerprint density at radius 1 is 0.750 bits per heavy atom. The summed E-state index contributed by atoms with van der Waals surface area (Å²) in [6.07, 6.45) is 25.9. The summed E-state index contributed by atoms with van der Waals surface area (Å²) in [7, 11) is 0. The summed E-state index contributed by atoms with van der Waals surface area (Å²) in [5.41, 5.74) is 12.3. The van der Waals surface area contributed by atoms with Crippen molar-refractivity contribution in [1.82, 2.24) is 4.90 Å². The predicted octanol–water partition coefficient (Wildman–Crippen LogP) is 11.5. The first-order valence-corrected chi connectivity index (χ1v) is 17.5. The average Bonchev–Trinajstić information content (AvgIpc) is 3.51. The van der Waals surface area contributed by atoms with E-state index in [9.17, 15) is 0 Å². The van der Waals surface area contributed by atoms with Gasteiger partial charge in [0.15, 0.2) is 0 Å². The molecule has 1 aromatic heterocycles. The third-order valence-electron chi connectivity index (χ3n) is 11.3. The molecule has 2 heteroatoms. The molecule has 0 radical (unpaired) electrons. The summed E-state index contributed by atoms with van der Waals surface area (Å²) >= 11 is 0. The van der Waals surface area contributed by atoms with Gasteiger partial charge in [0.05, 0.1) is 0 Å². The van der Waals surface area contributed by atoms with Gasteiger partial charge in [0.2, 0.25) is 0 Å². The quantitative estimate of drug-likeness (QED) is 0.194. The highest BCUT2D eigenvalue weighted by Gasteiger charge is 2.50. The molecule has 4 aliphatic carbocycles. The van der Waals surface area contributed by atoms with Crippen LogP contribution in [-0.2, 0) is 18.4 Å². The highest BCUT2D eigenvalue weighted by molar-refractivity contribution is 6.02. The van der Waals surface area contributed by atoms with Crippen molar-refractivity contribution in [3.63, 3.8) is 0 Å². The Bertz CT molecular complexity index is 2210. The average molecular weight is 624 g/mol. The lowest BCUT2D eigenvalue weighted by Gasteiger charge is -2.56. The molecule has 9 rings (SSSR count). The molecule has 1 heterocycles. The van der Waals surface area contributed by atoms with Gasteiger partial charge in [-0.25, -0.2) is 0 Å². The first kappa shape index (κ1) is 29.2. The fourth-order valence-corrected chi connectivity index (χ4v) is 9.29. The molecule has 0 aliphatic heterocycles. The fourth-order valence-electron chi connectivity index (χ4n) is 9.29. The van der Waals surface area contributed by atoms with Gasteiger partial charge in [-0.3, -0.25) is 4.90 Å². The molecule has 5 aromatic rings. The molecule has 4 aliphatic rings. The maximum Gasteiger partial charge on any atom is 0.139 e. The molecule has 0 N–H and O–H groups in total. The van der Waals surface area contributed by atoms with Gasteiger partial charge in [-0.1, -0.05) is 140 Å². The second kappa shape index (κ2) is 11.4. The van der Waals surface area contributed by atoms with Crippen molar-refractivity contribution >= 4 is 22.6 Å². The Hall–Kier alpha value is -4.92. The maximum atomic E-state index is 6.90. The second-order valence-electron chi connectivity index (χ2n) is 14.3. The van der Waals surface area contributed by atoms with E-state index in [1.807, 2.05) is 0 Å². The molecule has 4 aromatic carbocycles. The molecule has 2 nitrogen and oxygen atoms in total. The van der Waals surface area contributed by atoms with Gasteiger partial charge in [-0.15, -0.1) is 0 Å². The summed E-state index contributed by atoms with van der Waals surface area (Å²) in [4.78, 5) is 2.85. The number of rotatable bonds is 5. The molecule has 0 saturated heterocycles.